The average Bonchev–Trinajstić information content (AvgIpc) is 2.76. The Bertz CT molecular complexity index is 599. The molecule has 2 atom stereocenters. The number of ether oxygens (including phenoxy) is 1. The first kappa shape index (κ1) is 17.2. The van der Waals surface area contributed by atoms with Gasteiger partial charge < -0.3 is 9.64 Å². The molecule has 22 heavy (non-hydrogen) atoms. The van der Waals surface area contributed by atoms with Crippen LogP contribution >= 0.6 is 0 Å². The van der Waals surface area contributed by atoms with E-state index in [2.05, 4.69) is 14.7 Å². The third-order valence-electron chi connectivity index (χ3n) is 3.93. The molecule has 0 radical (unpaired) electrons. The molecular formula is C14H26N4O3S. The molecule has 1 aliphatic heterocycles. The van der Waals surface area contributed by atoms with Crippen molar-refractivity contribution >= 4 is 15.8 Å². The number of nitrogens with one attached hydrogen (secondary N) is 1. The van der Waals surface area contributed by atoms with Crippen LogP contribution in [0, 0.1) is 6.92 Å². The van der Waals surface area contributed by atoms with Gasteiger partial charge in [-0.15, -0.1) is 0 Å². The second-order valence-electron chi connectivity index (χ2n) is 6.00. The summed E-state index contributed by atoms with van der Waals surface area (Å²) in [6.07, 6.45) is 1.50. The van der Waals surface area contributed by atoms with Crippen molar-refractivity contribution in [1.82, 2.24) is 14.5 Å². The molecule has 2 rings (SSSR count). The van der Waals surface area contributed by atoms with Crippen molar-refractivity contribution in [3.05, 3.63) is 11.8 Å². The van der Waals surface area contributed by atoms with Gasteiger partial charge >= 0.3 is 0 Å². The van der Waals surface area contributed by atoms with Gasteiger partial charge in [0.2, 0.25) is 10.0 Å². The molecule has 1 N–H and O–H groups in total. The maximum atomic E-state index is 12.2. The van der Waals surface area contributed by atoms with Gasteiger partial charge in [-0.2, -0.15) is 5.10 Å². The second kappa shape index (κ2) is 6.97. The Labute approximate surface area is 132 Å². The molecule has 7 nitrogen and oxygen atoms in total. The number of methoxy groups -OCH3 is 1. The maximum absolute atomic E-state index is 12.2. The van der Waals surface area contributed by atoms with E-state index in [1.807, 2.05) is 24.7 Å². The Balaban J connectivity index is 2.00. The van der Waals surface area contributed by atoms with Crippen LogP contribution in [0.25, 0.3) is 0 Å². The minimum atomic E-state index is -3.33. The molecule has 0 aromatic carbocycles. The molecular weight excluding hydrogens is 304 g/mol. The Kier molecular flexibility index (Phi) is 5.46. The SMILES string of the molecule is CO[C@@H](C)CS(=O)(=O)N[C@H]1CCCN(c2cc(C)nn2C)C1. The predicted molar refractivity (Wildman–Crippen MR) is 86.6 cm³/mol. The molecule has 0 amide bonds. The summed E-state index contributed by atoms with van der Waals surface area (Å²) in [6, 6.07) is 1.96. The second-order valence-corrected chi connectivity index (χ2v) is 7.80. The average molecular weight is 330 g/mol. The van der Waals surface area contributed by atoms with E-state index in [1.165, 1.54) is 7.11 Å². The standard InChI is InChI=1S/C14H26N4O3S/c1-11-8-14(17(3)15-11)18-7-5-6-13(9-18)16-22(19,20)10-12(2)21-4/h8,12-13,16H,5-7,9-10H2,1-4H3/t12-,13-/m0/s1. The van der Waals surface area contributed by atoms with Crippen LogP contribution in [0.15, 0.2) is 6.07 Å². The van der Waals surface area contributed by atoms with Gasteiger partial charge in [0.1, 0.15) is 5.82 Å². The summed E-state index contributed by atoms with van der Waals surface area (Å²) in [7, 11) is 0.107. The van der Waals surface area contributed by atoms with Crippen molar-refractivity contribution in [2.24, 2.45) is 7.05 Å². The van der Waals surface area contributed by atoms with E-state index in [-0.39, 0.29) is 17.9 Å². The van der Waals surface area contributed by atoms with E-state index < -0.39 is 10.0 Å². The number of rotatable bonds is 6. The van der Waals surface area contributed by atoms with Crippen LogP contribution in [0.4, 0.5) is 5.82 Å². The van der Waals surface area contributed by atoms with Gasteiger partial charge in [-0.05, 0) is 26.7 Å². The van der Waals surface area contributed by atoms with E-state index in [1.54, 1.807) is 6.92 Å². The molecule has 1 saturated heterocycles. The molecule has 126 valence electrons. The third kappa shape index (κ3) is 4.44. The van der Waals surface area contributed by atoms with Gasteiger partial charge in [-0.25, -0.2) is 13.1 Å². The Hall–Kier alpha value is -1.12. The lowest BCUT2D eigenvalue weighted by Gasteiger charge is -2.34. The topological polar surface area (TPSA) is 76.5 Å². The van der Waals surface area contributed by atoms with Crippen molar-refractivity contribution in [3.8, 4) is 0 Å². The van der Waals surface area contributed by atoms with E-state index in [0.29, 0.717) is 6.54 Å². The first-order valence-corrected chi connectivity index (χ1v) is 9.24. The van der Waals surface area contributed by atoms with E-state index >= 15 is 0 Å². The van der Waals surface area contributed by atoms with Crippen molar-refractivity contribution in [1.29, 1.82) is 0 Å². The highest BCUT2D eigenvalue weighted by Gasteiger charge is 2.26. The van der Waals surface area contributed by atoms with E-state index in [0.717, 1.165) is 30.9 Å². The monoisotopic (exact) mass is 330 g/mol. The zero-order chi connectivity index (χ0) is 16.3. The number of sulfonamides is 1. The fourth-order valence-electron chi connectivity index (χ4n) is 2.85. The maximum Gasteiger partial charge on any atom is 0.214 e. The normalized spacial score (nSPS) is 21.1. The number of nitrogens with zero attached hydrogens (tertiary/aromatic N) is 3. The predicted octanol–water partition coefficient (Wildman–Crippen LogP) is 0.652. The summed E-state index contributed by atoms with van der Waals surface area (Å²) in [5.41, 5.74) is 0.967. The number of anilines is 1. The lowest BCUT2D eigenvalue weighted by Crippen LogP contribution is -2.49. The van der Waals surface area contributed by atoms with Crippen molar-refractivity contribution in [3.63, 3.8) is 0 Å². The first-order valence-electron chi connectivity index (χ1n) is 7.59. The van der Waals surface area contributed by atoms with Crippen LogP contribution in [-0.2, 0) is 21.8 Å². The van der Waals surface area contributed by atoms with Crippen LogP contribution in [0.3, 0.4) is 0 Å². The first-order chi connectivity index (χ1) is 10.3. The third-order valence-corrected chi connectivity index (χ3v) is 5.53. The molecule has 1 aromatic heterocycles. The van der Waals surface area contributed by atoms with Gasteiger partial charge in [-0.3, -0.25) is 4.68 Å². The summed E-state index contributed by atoms with van der Waals surface area (Å²) in [5.74, 6) is 1.02. The zero-order valence-electron chi connectivity index (χ0n) is 13.7. The largest absolute Gasteiger partial charge is 0.381 e. The number of piperidine rings is 1. The van der Waals surface area contributed by atoms with E-state index in [4.69, 9.17) is 4.74 Å². The summed E-state index contributed by atoms with van der Waals surface area (Å²) < 4.78 is 34.0. The fourth-order valence-corrected chi connectivity index (χ4v) is 4.40. The van der Waals surface area contributed by atoms with Gasteiger partial charge in [0, 0.05) is 39.4 Å². The minimum Gasteiger partial charge on any atom is -0.381 e. The Morgan fingerprint density at radius 2 is 2.27 bits per heavy atom. The summed E-state index contributed by atoms with van der Waals surface area (Å²) in [5, 5.41) is 4.36. The number of hydrogen-bond acceptors (Lipinski definition) is 5. The number of hydrogen-bond donors (Lipinski definition) is 1. The Morgan fingerprint density at radius 1 is 1.55 bits per heavy atom. The van der Waals surface area contributed by atoms with Crippen LogP contribution in [0.5, 0.6) is 0 Å². The summed E-state index contributed by atoms with van der Waals surface area (Å²) >= 11 is 0. The van der Waals surface area contributed by atoms with Gasteiger partial charge in [0.25, 0.3) is 0 Å². The fraction of sp³-hybridized carbons (Fsp3) is 0.786. The molecule has 1 aliphatic rings. The highest BCUT2D eigenvalue weighted by atomic mass is 32.2. The lowest BCUT2D eigenvalue weighted by atomic mass is 10.1. The van der Waals surface area contributed by atoms with Crippen molar-refractivity contribution < 1.29 is 13.2 Å². The highest BCUT2D eigenvalue weighted by molar-refractivity contribution is 7.89. The molecule has 1 fully saturated rings. The smallest absolute Gasteiger partial charge is 0.214 e. The highest BCUT2D eigenvalue weighted by Crippen LogP contribution is 2.20. The van der Waals surface area contributed by atoms with Crippen molar-refractivity contribution in [2.75, 3.05) is 30.9 Å². The van der Waals surface area contributed by atoms with Crippen LogP contribution in [0.2, 0.25) is 0 Å². The van der Waals surface area contributed by atoms with Gasteiger partial charge in [-0.1, -0.05) is 0 Å². The molecule has 0 aliphatic carbocycles. The minimum absolute atomic E-state index is 0.00911. The number of aryl methyl sites for hydroxylation is 2. The molecule has 8 heteroatoms. The summed E-state index contributed by atoms with van der Waals surface area (Å²) in [6.45, 7) is 5.30. The van der Waals surface area contributed by atoms with Crippen LogP contribution in [-0.4, -0.2) is 56.3 Å². The quantitative estimate of drug-likeness (QED) is 0.829. The molecule has 1 aromatic rings. The molecule has 0 spiro atoms. The van der Waals surface area contributed by atoms with E-state index in [9.17, 15) is 8.42 Å². The van der Waals surface area contributed by atoms with Gasteiger partial charge in [0.05, 0.1) is 17.6 Å². The molecule has 0 bridgehead atoms. The van der Waals surface area contributed by atoms with Gasteiger partial charge in [0.15, 0.2) is 0 Å². The number of aromatic nitrogens is 2. The molecule has 0 unspecified atom stereocenters. The van der Waals surface area contributed by atoms with Crippen molar-refractivity contribution in [2.45, 2.75) is 38.8 Å². The summed E-state index contributed by atoms with van der Waals surface area (Å²) in [4.78, 5) is 2.19. The van der Waals surface area contributed by atoms with Crippen LogP contribution < -0.4 is 9.62 Å². The zero-order valence-corrected chi connectivity index (χ0v) is 14.6. The molecule has 2 heterocycles. The lowest BCUT2D eigenvalue weighted by molar-refractivity contribution is 0.136. The molecule has 0 saturated carbocycles. The van der Waals surface area contributed by atoms with Crippen LogP contribution in [0.1, 0.15) is 25.5 Å². The Morgan fingerprint density at radius 3 is 2.86 bits per heavy atom.